The average molecular weight is 245 g/mol. The van der Waals surface area contributed by atoms with Gasteiger partial charge >= 0.3 is 0 Å². The molecule has 0 aliphatic carbocycles. The van der Waals surface area contributed by atoms with Crippen molar-refractivity contribution in [3.05, 3.63) is 29.8 Å². The van der Waals surface area contributed by atoms with Gasteiger partial charge in [0.05, 0.1) is 6.61 Å². The largest absolute Gasteiger partial charge is 0.493 e. The van der Waals surface area contributed by atoms with Crippen LogP contribution in [-0.2, 0) is 6.54 Å². The molecule has 0 saturated carbocycles. The van der Waals surface area contributed by atoms with Gasteiger partial charge in [-0.25, -0.2) is 0 Å². The van der Waals surface area contributed by atoms with Crippen LogP contribution in [0, 0.1) is 18.3 Å². The average Bonchev–Trinajstić information content (AvgIpc) is 2.36. The number of unbranched alkanes of at least 4 members (excludes halogenated alkanes) is 1. The molecule has 0 aliphatic rings. The van der Waals surface area contributed by atoms with Crippen molar-refractivity contribution in [2.24, 2.45) is 5.92 Å². The van der Waals surface area contributed by atoms with Gasteiger partial charge < -0.3 is 10.1 Å². The Kier molecular flexibility index (Phi) is 6.98. The van der Waals surface area contributed by atoms with Crippen LogP contribution >= 0.6 is 0 Å². The van der Waals surface area contributed by atoms with E-state index >= 15 is 0 Å². The van der Waals surface area contributed by atoms with Crippen molar-refractivity contribution in [1.29, 1.82) is 0 Å². The summed E-state index contributed by atoms with van der Waals surface area (Å²) in [7, 11) is 0. The molecule has 1 aromatic carbocycles. The van der Waals surface area contributed by atoms with Crippen molar-refractivity contribution in [3.8, 4) is 18.1 Å². The molecule has 98 valence electrons. The third-order valence-corrected chi connectivity index (χ3v) is 2.56. The Bertz CT molecular complexity index is 379. The van der Waals surface area contributed by atoms with Gasteiger partial charge in [0.15, 0.2) is 0 Å². The summed E-state index contributed by atoms with van der Waals surface area (Å²) in [5.41, 5.74) is 1.21. The molecule has 0 fully saturated rings. The number of nitrogens with one attached hydrogen (secondary N) is 1. The van der Waals surface area contributed by atoms with Crippen LogP contribution in [0.15, 0.2) is 24.3 Å². The summed E-state index contributed by atoms with van der Waals surface area (Å²) in [6.07, 6.45) is 6.89. The third-order valence-electron chi connectivity index (χ3n) is 2.56. The van der Waals surface area contributed by atoms with E-state index in [0.717, 1.165) is 31.7 Å². The van der Waals surface area contributed by atoms with E-state index in [1.165, 1.54) is 5.56 Å². The van der Waals surface area contributed by atoms with Crippen LogP contribution in [0.5, 0.6) is 5.75 Å². The van der Waals surface area contributed by atoms with E-state index in [-0.39, 0.29) is 0 Å². The van der Waals surface area contributed by atoms with Crippen LogP contribution in [0.2, 0.25) is 0 Å². The summed E-state index contributed by atoms with van der Waals surface area (Å²) in [5.74, 6) is 4.25. The highest BCUT2D eigenvalue weighted by atomic mass is 16.5. The lowest BCUT2D eigenvalue weighted by atomic mass is 10.2. The monoisotopic (exact) mass is 245 g/mol. The molecule has 0 radical (unpaired) electrons. The number of hydrogen-bond donors (Lipinski definition) is 1. The second-order valence-electron chi connectivity index (χ2n) is 4.79. The number of benzene rings is 1. The molecule has 0 heterocycles. The van der Waals surface area contributed by atoms with E-state index in [4.69, 9.17) is 11.2 Å². The molecule has 0 amide bonds. The van der Waals surface area contributed by atoms with Gasteiger partial charge in [-0.05, 0) is 24.9 Å². The maximum absolute atomic E-state index is 5.76. The number of para-hydroxylation sites is 1. The maximum Gasteiger partial charge on any atom is 0.123 e. The zero-order valence-electron chi connectivity index (χ0n) is 11.4. The predicted octanol–water partition coefficient (Wildman–Crippen LogP) is 3.22. The van der Waals surface area contributed by atoms with Gasteiger partial charge in [-0.15, -0.1) is 12.3 Å². The summed E-state index contributed by atoms with van der Waals surface area (Å²) >= 11 is 0. The summed E-state index contributed by atoms with van der Waals surface area (Å²) in [6, 6.07) is 8.16. The molecule has 18 heavy (non-hydrogen) atoms. The number of terminal acetylenes is 1. The summed E-state index contributed by atoms with van der Waals surface area (Å²) < 4.78 is 5.76. The zero-order chi connectivity index (χ0) is 13.2. The van der Waals surface area contributed by atoms with Gasteiger partial charge in [-0.2, -0.15) is 0 Å². The van der Waals surface area contributed by atoms with Gasteiger partial charge in [0.2, 0.25) is 0 Å². The molecule has 1 aromatic rings. The fourth-order valence-electron chi connectivity index (χ4n) is 1.64. The van der Waals surface area contributed by atoms with E-state index in [0.29, 0.717) is 12.5 Å². The van der Waals surface area contributed by atoms with E-state index < -0.39 is 0 Å². The summed E-state index contributed by atoms with van der Waals surface area (Å²) in [4.78, 5) is 0. The summed E-state index contributed by atoms with van der Waals surface area (Å²) in [5, 5.41) is 3.43. The predicted molar refractivity (Wildman–Crippen MR) is 76.5 cm³/mol. The normalized spacial score (nSPS) is 10.3. The Balaban J connectivity index is 2.43. The Labute approximate surface area is 111 Å². The smallest absolute Gasteiger partial charge is 0.123 e. The molecule has 0 aromatic heterocycles. The van der Waals surface area contributed by atoms with Gasteiger partial charge in [-0.1, -0.05) is 32.0 Å². The van der Waals surface area contributed by atoms with E-state index in [1.54, 1.807) is 0 Å². The third kappa shape index (κ3) is 5.75. The second-order valence-corrected chi connectivity index (χ2v) is 4.79. The lowest BCUT2D eigenvalue weighted by molar-refractivity contribution is 0.308. The molecule has 0 aliphatic heterocycles. The van der Waals surface area contributed by atoms with Crippen LogP contribution in [-0.4, -0.2) is 13.2 Å². The standard InChI is InChI=1S/C16H23NO/c1-4-5-8-11-18-16-10-7-6-9-15(16)13-17-12-14(2)3/h1,6-7,9-10,14,17H,5,8,11-13H2,2-3H3. The van der Waals surface area contributed by atoms with Gasteiger partial charge in [0, 0.05) is 18.5 Å². The van der Waals surface area contributed by atoms with Crippen molar-refractivity contribution < 1.29 is 4.74 Å². The van der Waals surface area contributed by atoms with Crippen LogP contribution in [0.25, 0.3) is 0 Å². The highest BCUT2D eigenvalue weighted by molar-refractivity contribution is 5.33. The Morgan fingerprint density at radius 3 is 2.83 bits per heavy atom. The van der Waals surface area contributed by atoms with Crippen LogP contribution in [0.3, 0.4) is 0 Å². The first kappa shape index (κ1) is 14.6. The molecule has 2 heteroatoms. The molecule has 0 bridgehead atoms. The molecule has 0 unspecified atom stereocenters. The highest BCUT2D eigenvalue weighted by Gasteiger charge is 2.02. The maximum atomic E-state index is 5.76. The topological polar surface area (TPSA) is 21.3 Å². The van der Waals surface area contributed by atoms with Crippen LogP contribution < -0.4 is 10.1 Å². The van der Waals surface area contributed by atoms with Gasteiger partial charge in [0.25, 0.3) is 0 Å². The lowest BCUT2D eigenvalue weighted by Crippen LogP contribution is -2.19. The van der Waals surface area contributed by atoms with Crippen molar-refractivity contribution in [2.75, 3.05) is 13.2 Å². The summed E-state index contributed by atoms with van der Waals surface area (Å²) in [6.45, 7) is 6.96. The highest BCUT2D eigenvalue weighted by Crippen LogP contribution is 2.18. The number of hydrogen-bond acceptors (Lipinski definition) is 2. The van der Waals surface area contributed by atoms with E-state index in [1.807, 2.05) is 18.2 Å². The zero-order valence-corrected chi connectivity index (χ0v) is 11.4. The second kappa shape index (κ2) is 8.60. The fraction of sp³-hybridized carbons (Fsp3) is 0.500. The lowest BCUT2D eigenvalue weighted by Gasteiger charge is -2.12. The molecule has 0 atom stereocenters. The van der Waals surface area contributed by atoms with Crippen LogP contribution in [0.4, 0.5) is 0 Å². The molecule has 1 rings (SSSR count). The minimum atomic E-state index is 0.661. The van der Waals surface area contributed by atoms with E-state index in [9.17, 15) is 0 Å². The van der Waals surface area contributed by atoms with Gasteiger partial charge in [0.1, 0.15) is 5.75 Å². The number of rotatable bonds is 8. The van der Waals surface area contributed by atoms with Crippen molar-refractivity contribution in [2.45, 2.75) is 33.2 Å². The first-order chi connectivity index (χ1) is 8.74. The Morgan fingerprint density at radius 1 is 1.33 bits per heavy atom. The Morgan fingerprint density at radius 2 is 2.11 bits per heavy atom. The van der Waals surface area contributed by atoms with Crippen molar-refractivity contribution >= 4 is 0 Å². The van der Waals surface area contributed by atoms with Gasteiger partial charge in [-0.3, -0.25) is 0 Å². The number of ether oxygens (including phenoxy) is 1. The molecular weight excluding hydrogens is 222 g/mol. The Hall–Kier alpha value is -1.46. The molecule has 2 nitrogen and oxygen atoms in total. The SMILES string of the molecule is C#CCCCOc1ccccc1CNCC(C)C. The molecular formula is C16H23NO. The molecule has 0 spiro atoms. The van der Waals surface area contributed by atoms with Crippen molar-refractivity contribution in [1.82, 2.24) is 5.32 Å². The molecule has 1 N–H and O–H groups in total. The van der Waals surface area contributed by atoms with Crippen molar-refractivity contribution in [3.63, 3.8) is 0 Å². The van der Waals surface area contributed by atoms with E-state index in [2.05, 4.69) is 31.2 Å². The first-order valence-electron chi connectivity index (χ1n) is 6.59. The quantitative estimate of drug-likeness (QED) is 0.561. The minimum absolute atomic E-state index is 0.661. The minimum Gasteiger partial charge on any atom is -0.493 e. The first-order valence-corrected chi connectivity index (χ1v) is 6.59. The molecule has 0 saturated heterocycles. The van der Waals surface area contributed by atoms with Crippen LogP contribution in [0.1, 0.15) is 32.3 Å². The fourth-order valence-corrected chi connectivity index (χ4v) is 1.64.